The molecule has 0 saturated carbocycles. The summed E-state index contributed by atoms with van der Waals surface area (Å²) in [5.41, 5.74) is -15.2. The SMILES string of the molecule is Bc1cc(C(OC)(C(F)(F)F)C(F)(F)F)cc(C(OC)(C(F)(F)F)C(F)(F)F)c1. The molecule has 0 spiro atoms. The molecule has 1 rings (SSSR count). The number of hydrogen-bond donors (Lipinski definition) is 0. The third-order valence-corrected chi connectivity index (χ3v) is 4.10. The number of ether oxygens (including phenoxy) is 2. The summed E-state index contributed by atoms with van der Waals surface area (Å²) >= 11 is 0. The van der Waals surface area contributed by atoms with E-state index < -0.39 is 58.6 Å². The summed E-state index contributed by atoms with van der Waals surface area (Å²) in [5, 5.41) is 0. The van der Waals surface area contributed by atoms with E-state index in [0.717, 1.165) is 0 Å². The molecule has 0 amide bonds. The van der Waals surface area contributed by atoms with Gasteiger partial charge < -0.3 is 9.47 Å². The minimum Gasteiger partial charge on any atom is -0.357 e. The molecule has 15 heteroatoms. The summed E-state index contributed by atoms with van der Waals surface area (Å²) in [4.78, 5) is 0. The highest BCUT2D eigenvalue weighted by atomic mass is 19.4. The molecule has 1 aromatic rings. The van der Waals surface area contributed by atoms with Crippen LogP contribution < -0.4 is 5.46 Å². The van der Waals surface area contributed by atoms with E-state index in [4.69, 9.17) is 0 Å². The van der Waals surface area contributed by atoms with Gasteiger partial charge in [0.15, 0.2) is 0 Å². The second kappa shape index (κ2) is 7.25. The number of rotatable bonds is 4. The Hall–Kier alpha value is -1.64. The van der Waals surface area contributed by atoms with Crippen molar-refractivity contribution < 1.29 is 62.2 Å². The second-order valence-corrected chi connectivity index (χ2v) is 5.85. The standard InChI is InChI=1S/C14H11BF12O2/c1-28-9(11(16,17)18,12(19,20)21)6-3-7(5-8(15)4-6)10(29-2,13(22,23)24)14(25,26)27/h3-5H,15H2,1-2H3. The van der Waals surface area contributed by atoms with Crippen molar-refractivity contribution in [2.24, 2.45) is 0 Å². The zero-order valence-corrected chi connectivity index (χ0v) is 14.6. The lowest BCUT2D eigenvalue weighted by molar-refractivity contribution is -0.385. The van der Waals surface area contributed by atoms with Crippen molar-refractivity contribution in [3.63, 3.8) is 0 Å². The highest BCUT2D eigenvalue weighted by molar-refractivity contribution is 6.32. The van der Waals surface area contributed by atoms with E-state index in [-0.39, 0.29) is 26.4 Å². The molecule has 0 bridgehead atoms. The van der Waals surface area contributed by atoms with E-state index in [0.29, 0.717) is 7.85 Å². The van der Waals surface area contributed by atoms with Gasteiger partial charge in [0, 0.05) is 25.3 Å². The van der Waals surface area contributed by atoms with Gasteiger partial charge in [-0.1, -0.05) is 17.6 Å². The fraction of sp³-hybridized carbons (Fsp3) is 0.571. The zero-order chi connectivity index (χ0) is 23.3. The topological polar surface area (TPSA) is 18.5 Å². The van der Waals surface area contributed by atoms with Crippen molar-refractivity contribution in [3.8, 4) is 0 Å². The van der Waals surface area contributed by atoms with Crippen LogP contribution in [0.4, 0.5) is 52.7 Å². The summed E-state index contributed by atoms with van der Waals surface area (Å²) in [6.07, 6.45) is -25.1. The van der Waals surface area contributed by atoms with Crippen molar-refractivity contribution >= 4 is 13.3 Å². The van der Waals surface area contributed by atoms with Gasteiger partial charge in [0.1, 0.15) is 7.85 Å². The fourth-order valence-electron chi connectivity index (χ4n) is 2.86. The normalized spacial score (nSPS) is 15.0. The van der Waals surface area contributed by atoms with Crippen LogP contribution in [0.25, 0.3) is 0 Å². The van der Waals surface area contributed by atoms with Gasteiger partial charge >= 0.3 is 24.7 Å². The van der Waals surface area contributed by atoms with Crippen LogP contribution in [0.15, 0.2) is 18.2 Å². The molecule has 0 N–H and O–H groups in total. The first-order chi connectivity index (χ1) is 12.7. The van der Waals surface area contributed by atoms with Crippen LogP contribution >= 0.6 is 0 Å². The molecule has 0 unspecified atom stereocenters. The smallest absolute Gasteiger partial charge is 0.357 e. The Morgan fingerprint density at radius 2 is 0.793 bits per heavy atom. The maximum atomic E-state index is 13.3. The lowest BCUT2D eigenvalue weighted by Gasteiger charge is -2.39. The van der Waals surface area contributed by atoms with E-state index >= 15 is 0 Å². The Bertz CT molecular complexity index is 646. The minimum absolute atomic E-state index is 0.0277. The maximum Gasteiger partial charge on any atom is 0.430 e. The number of methoxy groups -OCH3 is 2. The third-order valence-electron chi connectivity index (χ3n) is 4.10. The van der Waals surface area contributed by atoms with Crippen LogP contribution in [0.1, 0.15) is 11.1 Å². The van der Waals surface area contributed by atoms with E-state index in [2.05, 4.69) is 9.47 Å². The molecule has 0 aromatic heterocycles. The second-order valence-electron chi connectivity index (χ2n) is 5.85. The van der Waals surface area contributed by atoms with Gasteiger partial charge in [-0.05, 0) is 6.07 Å². The first-order valence-electron chi connectivity index (χ1n) is 7.22. The van der Waals surface area contributed by atoms with E-state index in [1.165, 1.54) is 0 Å². The summed E-state index contributed by atoms with van der Waals surface area (Å²) in [6.45, 7) is 0. The minimum atomic E-state index is -6.28. The lowest BCUT2D eigenvalue weighted by atomic mass is 9.80. The summed E-state index contributed by atoms with van der Waals surface area (Å²) in [6, 6.07) is -0.274. The van der Waals surface area contributed by atoms with Gasteiger partial charge in [-0.15, -0.1) is 0 Å². The molecule has 166 valence electrons. The average molecular weight is 450 g/mol. The number of halogens is 12. The molecule has 29 heavy (non-hydrogen) atoms. The first kappa shape index (κ1) is 25.4. The van der Waals surface area contributed by atoms with E-state index in [1.54, 1.807) is 0 Å². The third kappa shape index (κ3) is 3.78. The van der Waals surface area contributed by atoms with Crippen LogP contribution in [0.5, 0.6) is 0 Å². The van der Waals surface area contributed by atoms with Crippen molar-refractivity contribution in [2.75, 3.05) is 14.2 Å². The van der Waals surface area contributed by atoms with Crippen LogP contribution in [0, 0.1) is 0 Å². The summed E-state index contributed by atoms with van der Waals surface area (Å²) in [7, 11) is 0.660. The predicted molar refractivity (Wildman–Crippen MR) is 76.2 cm³/mol. The number of alkyl halides is 12. The maximum absolute atomic E-state index is 13.3. The Morgan fingerprint density at radius 3 is 0.966 bits per heavy atom. The Kier molecular flexibility index (Phi) is 6.35. The van der Waals surface area contributed by atoms with Gasteiger partial charge in [0.05, 0.1) is 0 Å². The monoisotopic (exact) mass is 450 g/mol. The van der Waals surface area contributed by atoms with Crippen LogP contribution in [0.2, 0.25) is 0 Å². The molecule has 0 aliphatic carbocycles. The van der Waals surface area contributed by atoms with Crippen molar-refractivity contribution in [2.45, 2.75) is 35.9 Å². The summed E-state index contributed by atoms with van der Waals surface area (Å²) in [5.74, 6) is 0. The first-order valence-corrected chi connectivity index (χ1v) is 7.22. The van der Waals surface area contributed by atoms with Crippen LogP contribution in [-0.4, -0.2) is 46.8 Å². The highest BCUT2D eigenvalue weighted by Crippen LogP contribution is 2.55. The molecule has 0 radical (unpaired) electrons. The van der Waals surface area contributed by atoms with Crippen LogP contribution in [0.3, 0.4) is 0 Å². The van der Waals surface area contributed by atoms with Crippen molar-refractivity contribution in [3.05, 3.63) is 29.3 Å². The van der Waals surface area contributed by atoms with E-state index in [9.17, 15) is 52.7 Å². The molecule has 2 nitrogen and oxygen atoms in total. The molecule has 0 heterocycles. The molecule has 0 aliphatic rings. The molecule has 0 saturated heterocycles. The lowest BCUT2D eigenvalue weighted by Crippen LogP contribution is -2.57. The quantitative estimate of drug-likeness (QED) is 0.513. The van der Waals surface area contributed by atoms with E-state index in [1.807, 2.05) is 0 Å². The Balaban J connectivity index is 4.10. The largest absolute Gasteiger partial charge is 0.430 e. The molecule has 1 aromatic carbocycles. The van der Waals surface area contributed by atoms with Gasteiger partial charge in [-0.3, -0.25) is 0 Å². The highest BCUT2D eigenvalue weighted by Gasteiger charge is 2.75. The zero-order valence-electron chi connectivity index (χ0n) is 14.6. The van der Waals surface area contributed by atoms with Gasteiger partial charge in [0.25, 0.3) is 11.2 Å². The molecule has 0 atom stereocenters. The summed E-state index contributed by atoms with van der Waals surface area (Å²) < 4.78 is 167. The molecule has 0 fully saturated rings. The number of hydrogen-bond acceptors (Lipinski definition) is 2. The molecule has 0 aliphatic heterocycles. The van der Waals surface area contributed by atoms with Crippen LogP contribution in [-0.2, 0) is 20.7 Å². The average Bonchev–Trinajstić information content (AvgIpc) is 2.42. The Morgan fingerprint density at radius 1 is 0.552 bits per heavy atom. The van der Waals surface area contributed by atoms with Gasteiger partial charge in [-0.25, -0.2) is 0 Å². The molecular weight excluding hydrogens is 439 g/mol. The fourth-order valence-corrected chi connectivity index (χ4v) is 2.86. The Labute approximate surface area is 156 Å². The number of benzene rings is 1. The van der Waals surface area contributed by atoms with Crippen molar-refractivity contribution in [1.82, 2.24) is 0 Å². The van der Waals surface area contributed by atoms with Gasteiger partial charge in [-0.2, -0.15) is 52.7 Å². The van der Waals surface area contributed by atoms with Gasteiger partial charge in [0.2, 0.25) is 0 Å². The molecular formula is C14H11BF12O2. The predicted octanol–water partition coefficient (Wildman–Crippen LogP) is 3.88. The van der Waals surface area contributed by atoms with Crippen molar-refractivity contribution in [1.29, 1.82) is 0 Å².